The lowest BCUT2D eigenvalue weighted by molar-refractivity contribution is -0.131. The maximum absolute atomic E-state index is 10.3. The molecular weight excluding hydrogens is 264 g/mol. The molecule has 0 aromatic heterocycles. The predicted molar refractivity (Wildman–Crippen MR) is 88.5 cm³/mol. The molecule has 0 unspecified atom stereocenters. The summed E-state index contributed by atoms with van der Waals surface area (Å²) in [6, 6.07) is 0. The summed E-state index contributed by atoms with van der Waals surface area (Å²) in [5.41, 5.74) is 0. The molecule has 0 aliphatic heterocycles. The molecule has 21 heavy (non-hydrogen) atoms. The Hall–Kier alpha value is -1.51. The first-order valence-corrected chi connectivity index (χ1v) is 8.13. The molecule has 0 spiro atoms. The lowest BCUT2D eigenvalue weighted by Gasteiger charge is -2.00. The van der Waals surface area contributed by atoms with Gasteiger partial charge in [-0.05, 0) is 18.9 Å². The molecule has 0 saturated carbocycles. The van der Waals surface area contributed by atoms with Crippen molar-refractivity contribution in [3.05, 3.63) is 36.1 Å². The second kappa shape index (κ2) is 14.9. The summed E-state index contributed by atoms with van der Waals surface area (Å²) in [6.45, 7) is 2.24. The van der Waals surface area contributed by atoms with Crippen LogP contribution in [-0.4, -0.2) is 16.2 Å². The molecule has 3 heteroatoms. The van der Waals surface area contributed by atoms with E-state index in [9.17, 15) is 4.79 Å². The van der Waals surface area contributed by atoms with Gasteiger partial charge in [0, 0.05) is 0 Å². The molecule has 0 rings (SSSR count). The summed E-state index contributed by atoms with van der Waals surface area (Å²) in [4.78, 5) is 10.3. The number of carboxylic acids is 1. The summed E-state index contributed by atoms with van der Waals surface area (Å²) < 4.78 is 0. The fourth-order valence-electron chi connectivity index (χ4n) is 2.08. The van der Waals surface area contributed by atoms with Gasteiger partial charge in [0.05, 0.1) is 6.08 Å². The van der Waals surface area contributed by atoms with Crippen LogP contribution in [0.3, 0.4) is 0 Å². The Kier molecular flexibility index (Phi) is 13.8. The highest BCUT2D eigenvalue weighted by molar-refractivity contribution is 5.80. The Labute approximate surface area is 129 Å². The van der Waals surface area contributed by atoms with E-state index in [0.717, 1.165) is 12.5 Å². The van der Waals surface area contributed by atoms with E-state index in [1.807, 2.05) is 12.2 Å². The van der Waals surface area contributed by atoms with Crippen molar-refractivity contribution in [3.8, 4) is 0 Å². The zero-order chi connectivity index (χ0) is 15.8. The Balaban J connectivity index is 3.40. The number of carbonyl (C=O) groups is 1. The topological polar surface area (TPSA) is 57.5 Å². The van der Waals surface area contributed by atoms with E-state index in [0.29, 0.717) is 0 Å². The van der Waals surface area contributed by atoms with Crippen LogP contribution in [0.15, 0.2) is 36.1 Å². The van der Waals surface area contributed by atoms with Crippen LogP contribution in [0.1, 0.15) is 71.1 Å². The summed E-state index contributed by atoms with van der Waals surface area (Å²) in [5.74, 6) is -1.38. The largest absolute Gasteiger partial charge is 0.508 e. The van der Waals surface area contributed by atoms with Crippen molar-refractivity contribution in [3.63, 3.8) is 0 Å². The van der Waals surface area contributed by atoms with Gasteiger partial charge in [0.1, 0.15) is 5.76 Å². The first kappa shape index (κ1) is 19.5. The first-order valence-electron chi connectivity index (χ1n) is 8.13. The van der Waals surface area contributed by atoms with Gasteiger partial charge in [-0.3, -0.25) is 0 Å². The van der Waals surface area contributed by atoms with Crippen molar-refractivity contribution in [2.24, 2.45) is 0 Å². The molecule has 0 atom stereocenters. The van der Waals surface area contributed by atoms with Crippen LogP contribution >= 0.6 is 0 Å². The van der Waals surface area contributed by atoms with E-state index in [2.05, 4.69) is 6.92 Å². The lowest BCUT2D eigenvalue weighted by Crippen LogP contribution is -1.89. The van der Waals surface area contributed by atoms with Gasteiger partial charge in [0.2, 0.25) is 0 Å². The number of hydrogen-bond acceptors (Lipinski definition) is 2. The smallest absolute Gasteiger partial charge is 0.332 e. The Morgan fingerprint density at radius 2 is 1.43 bits per heavy atom. The lowest BCUT2D eigenvalue weighted by atomic mass is 10.1. The Bertz CT molecular complexity index is 340. The Morgan fingerprint density at radius 1 is 0.857 bits per heavy atom. The second-order valence-electron chi connectivity index (χ2n) is 5.31. The van der Waals surface area contributed by atoms with E-state index < -0.39 is 5.97 Å². The van der Waals surface area contributed by atoms with Crippen LogP contribution in [0.5, 0.6) is 0 Å². The average molecular weight is 294 g/mol. The number of allylic oxidation sites excluding steroid dienone is 4. The van der Waals surface area contributed by atoms with E-state index in [4.69, 9.17) is 10.2 Å². The van der Waals surface area contributed by atoms with Crippen LogP contribution in [0.25, 0.3) is 0 Å². The number of carboxylic acid groups (broad SMARTS) is 1. The zero-order valence-corrected chi connectivity index (χ0v) is 13.3. The molecular formula is C18H30O3. The van der Waals surface area contributed by atoms with Crippen LogP contribution in [0.4, 0.5) is 0 Å². The van der Waals surface area contributed by atoms with Crippen molar-refractivity contribution in [1.29, 1.82) is 0 Å². The first-order chi connectivity index (χ1) is 10.2. The van der Waals surface area contributed by atoms with Crippen molar-refractivity contribution in [2.75, 3.05) is 0 Å². The van der Waals surface area contributed by atoms with Gasteiger partial charge in [0.25, 0.3) is 0 Å². The molecule has 0 aromatic carbocycles. The van der Waals surface area contributed by atoms with Crippen molar-refractivity contribution in [1.82, 2.24) is 0 Å². The van der Waals surface area contributed by atoms with Crippen molar-refractivity contribution >= 4 is 5.97 Å². The molecule has 0 radical (unpaired) electrons. The summed E-state index contributed by atoms with van der Waals surface area (Å²) >= 11 is 0. The van der Waals surface area contributed by atoms with E-state index in [1.54, 1.807) is 6.08 Å². The van der Waals surface area contributed by atoms with Crippen molar-refractivity contribution < 1.29 is 15.0 Å². The van der Waals surface area contributed by atoms with Gasteiger partial charge in [-0.15, -0.1) is 0 Å². The molecule has 0 fully saturated rings. The van der Waals surface area contributed by atoms with E-state index >= 15 is 0 Å². The second-order valence-corrected chi connectivity index (χ2v) is 5.31. The highest BCUT2D eigenvalue weighted by Crippen LogP contribution is 2.10. The fraction of sp³-hybridized carbons (Fsp3) is 0.611. The summed E-state index contributed by atoms with van der Waals surface area (Å²) in [5, 5.41) is 17.6. The van der Waals surface area contributed by atoms with Gasteiger partial charge in [-0.25, -0.2) is 4.79 Å². The van der Waals surface area contributed by atoms with Crippen LogP contribution in [-0.2, 0) is 4.79 Å². The minimum atomic E-state index is -1.14. The summed E-state index contributed by atoms with van der Waals surface area (Å²) in [6.07, 6.45) is 20.7. The van der Waals surface area contributed by atoms with Crippen molar-refractivity contribution in [2.45, 2.75) is 71.1 Å². The zero-order valence-electron chi connectivity index (χ0n) is 13.3. The number of aliphatic hydroxyl groups excluding tert-OH is 1. The fourth-order valence-corrected chi connectivity index (χ4v) is 2.08. The average Bonchev–Trinajstić information content (AvgIpc) is 2.43. The van der Waals surface area contributed by atoms with Gasteiger partial charge in [-0.1, -0.05) is 76.5 Å². The quantitative estimate of drug-likeness (QED) is 0.203. The SMILES string of the molecule is CCCCCCCCCCCC=CC=CC(O)=CC(=O)O. The third-order valence-electron chi connectivity index (χ3n) is 3.26. The molecule has 0 aliphatic carbocycles. The molecule has 0 amide bonds. The number of rotatable bonds is 13. The highest BCUT2D eigenvalue weighted by atomic mass is 16.4. The van der Waals surface area contributed by atoms with Gasteiger partial charge < -0.3 is 10.2 Å². The third kappa shape index (κ3) is 16.4. The molecule has 2 N–H and O–H groups in total. The highest BCUT2D eigenvalue weighted by Gasteiger charge is 1.92. The molecule has 0 aromatic rings. The minimum Gasteiger partial charge on any atom is -0.508 e. The number of hydrogen-bond donors (Lipinski definition) is 2. The van der Waals surface area contributed by atoms with Crippen LogP contribution in [0.2, 0.25) is 0 Å². The third-order valence-corrected chi connectivity index (χ3v) is 3.26. The molecule has 3 nitrogen and oxygen atoms in total. The molecule has 120 valence electrons. The Morgan fingerprint density at radius 3 is 2.00 bits per heavy atom. The minimum absolute atomic E-state index is 0.241. The van der Waals surface area contributed by atoms with Gasteiger partial charge in [-0.2, -0.15) is 0 Å². The number of aliphatic carboxylic acids is 1. The van der Waals surface area contributed by atoms with Gasteiger partial charge in [0.15, 0.2) is 0 Å². The van der Waals surface area contributed by atoms with E-state index in [-0.39, 0.29) is 5.76 Å². The maximum Gasteiger partial charge on any atom is 0.332 e. The predicted octanol–water partition coefficient (Wildman–Crippen LogP) is 5.55. The van der Waals surface area contributed by atoms with Crippen LogP contribution < -0.4 is 0 Å². The number of unbranched alkanes of at least 4 members (excludes halogenated alkanes) is 9. The maximum atomic E-state index is 10.3. The number of aliphatic hydroxyl groups is 1. The van der Waals surface area contributed by atoms with Gasteiger partial charge >= 0.3 is 5.97 Å². The standard InChI is InChI=1S/C18H30O3/c1-2-3-4-5-6-7-8-9-10-11-12-13-14-15-17(19)16-18(20)21/h12-16,19H,2-11H2,1H3,(H,20,21). The summed E-state index contributed by atoms with van der Waals surface area (Å²) in [7, 11) is 0. The molecule has 0 bridgehead atoms. The normalized spacial score (nSPS) is 12.5. The van der Waals surface area contributed by atoms with E-state index in [1.165, 1.54) is 63.9 Å². The molecule has 0 aliphatic rings. The monoisotopic (exact) mass is 294 g/mol. The van der Waals surface area contributed by atoms with Crippen LogP contribution in [0, 0.1) is 0 Å². The molecule has 0 saturated heterocycles. The molecule has 0 heterocycles.